The molecule has 1 aliphatic carbocycles. The molecule has 3 aliphatic rings. The van der Waals surface area contributed by atoms with Crippen LogP contribution < -0.4 is 5.32 Å². The van der Waals surface area contributed by atoms with E-state index in [1.165, 1.54) is 0 Å². The molecule has 0 bridgehead atoms. The Bertz CT molecular complexity index is 1260. The molecule has 1 saturated carbocycles. The molecule has 3 fully saturated rings. The zero-order valence-electron chi connectivity index (χ0n) is 29.4. The van der Waals surface area contributed by atoms with Crippen molar-refractivity contribution in [3.05, 3.63) is 71.8 Å². The van der Waals surface area contributed by atoms with Crippen LogP contribution in [0.2, 0.25) is 0 Å². The first-order valence-corrected chi connectivity index (χ1v) is 17.7. The van der Waals surface area contributed by atoms with E-state index in [4.69, 9.17) is 23.7 Å². The van der Waals surface area contributed by atoms with E-state index in [0.29, 0.717) is 36.8 Å². The van der Waals surface area contributed by atoms with E-state index in [1.807, 2.05) is 36.4 Å². The standard InChI is InChI=1S/C37H54N2O12/c1-37(2,3)51-36(46)38-24-14-16-25(17-15-24)39(18-26(40)30(44)32-28(42)20-47-34(49-32)22-10-6-4-7-11-22)19-27(41)31(45)33-29(43)21-48-35(50-33)23-12-8-5-9-13-23/h4-13,24-35,40-45H,14-21H2,1-3H3,(H,38,46)/t24?,25?,26-,27-,28+,29+,30+,31+,32+,33+,34?,35?/m0/s1. The molecule has 5 rings (SSSR count). The smallest absolute Gasteiger partial charge is 0.407 e. The Hall–Kier alpha value is -2.73. The number of carbonyl (C=O) groups is 1. The summed E-state index contributed by atoms with van der Waals surface area (Å²) >= 11 is 0. The molecule has 2 unspecified atom stereocenters. The summed E-state index contributed by atoms with van der Waals surface area (Å²) in [5.41, 5.74) is 0.745. The predicted octanol–water partition coefficient (Wildman–Crippen LogP) is 1.52. The minimum Gasteiger partial charge on any atom is -0.444 e. The number of nitrogens with one attached hydrogen (secondary N) is 1. The molecule has 0 spiro atoms. The third-order valence-corrected chi connectivity index (χ3v) is 9.54. The molecule has 0 aromatic heterocycles. The molecule has 7 N–H and O–H groups in total. The number of aliphatic hydroxyl groups is 6. The van der Waals surface area contributed by atoms with Crippen molar-refractivity contribution in [2.45, 2.75) is 126 Å². The molecular formula is C37H54N2O12. The maximum Gasteiger partial charge on any atom is 0.407 e. The first-order valence-electron chi connectivity index (χ1n) is 17.7. The van der Waals surface area contributed by atoms with Crippen molar-refractivity contribution in [1.29, 1.82) is 0 Å². The highest BCUT2D eigenvalue weighted by Gasteiger charge is 2.43. The largest absolute Gasteiger partial charge is 0.444 e. The number of ether oxygens (including phenoxy) is 5. The summed E-state index contributed by atoms with van der Waals surface area (Å²) in [6.07, 6.45) is -10.6. The Labute approximate surface area is 298 Å². The molecule has 14 nitrogen and oxygen atoms in total. The van der Waals surface area contributed by atoms with Gasteiger partial charge in [0.2, 0.25) is 0 Å². The topological polar surface area (TPSA) is 200 Å². The highest BCUT2D eigenvalue weighted by Crippen LogP contribution is 2.32. The Kier molecular flexibility index (Phi) is 13.8. The minimum atomic E-state index is -1.53. The Morgan fingerprint density at radius 3 is 1.61 bits per heavy atom. The van der Waals surface area contributed by atoms with Crippen LogP contribution in [-0.4, -0.2) is 134 Å². The van der Waals surface area contributed by atoms with Crippen LogP contribution in [0.15, 0.2) is 60.7 Å². The van der Waals surface area contributed by atoms with Gasteiger partial charge in [-0.15, -0.1) is 0 Å². The predicted molar refractivity (Wildman–Crippen MR) is 183 cm³/mol. The van der Waals surface area contributed by atoms with Gasteiger partial charge in [0.25, 0.3) is 0 Å². The summed E-state index contributed by atoms with van der Waals surface area (Å²) in [7, 11) is 0. The summed E-state index contributed by atoms with van der Waals surface area (Å²) in [5.74, 6) is 0. The van der Waals surface area contributed by atoms with E-state index < -0.39 is 73.1 Å². The van der Waals surface area contributed by atoms with E-state index in [1.54, 1.807) is 49.9 Å². The molecule has 2 aliphatic heterocycles. The van der Waals surface area contributed by atoms with Crippen LogP contribution in [0.1, 0.15) is 70.2 Å². The molecule has 51 heavy (non-hydrogen) atoms. The third-order valence-electron chi connectivity index (χ3n) is 9.54. The fraction of sp³-hybridized carbons (Fsp3) is 0.649. The van der Waals surface area contributed by atoms with Crippen LogP contribution in [-0.2, 0) is 23.7 Å². The van der Waals surface area contributed by atoms with Gasteiger partial charge in [0.15, 0.2) is 12.6 Å². The van der Waals surface area contributed by atoms with Gasteiger partial charge in [-0.25, -0.2) is 4.79 Å². The normalized spacial score (nSPS) is 31.3. The lowest BCUT2D eigenvalue weighted by atomic mass is 9.89. The number of benzene rings is 2. The molecule has 2 heterocycles. The zero-order chi connectivity index (χ0) is 36.7. The second-order valence-electron chi connectivity index (χ2n) is 14.7. The maximum absolute atomic E-state index is 12.4. The van der Waals surface area contributed by atoms with E-state index >= 15 is 0 Å². The van der Waals surface area contributed by atoms with Gasteiger partial charge >= 0.3 is 6.09 Å². The van der Waals surface area contributed by atoms with Crippen LogP contribution in [0.5, 0.6) is 0 Å². The summed E-state index contributed by atoms with van der Waals surface area (Å²) < 4.78 is 28.6. The molecule has 10 atom stereocenters. The number of aliphatic hydroxyl groups excluding tert-OH is 6. The van der Waals surface area contributed by atoms with Crippen molar-refractivity contribution in [3.63, 3.8) is 0 Å². The SMILES string of the molecule is CC(C)(C)OC(=O)NC1CCC(N(C[C@H](O)[C@@H](O)[C@@H]2OC(c3ccccc3)OC[C@H]2O)C[C@H](O)[C@@H](O)[C@@H]2OC(c3ccccc3)OC[C@H]2O)CC1. The van der Waals surface area contributed by atoms with E-state index in [0.717, 1.165) is 0 Å². The fourth-order valence-corrected chi connectivity index (χ4v) is 6.86. The van der Waals surface area contributed by atoms with E-state index in [2.05, 4.69) is 5.32 Å². The summed E-state index contributed by atoms with van der Waals surface area (Å²) in [6.45, 7) is 4.85. The van der Waals surface area contributed by atoms with Crippen molar-refractivity contribution >= 4 is 6.09 Å². The Balaban J connectivity index is 1.27. The van der Waals surface area contributed by atoms with E-state index in [-0.39, 0.29) is 38.4 Å². The number of nitrogens with zero attached hydrogens (tertiary/aromatic N) is 1. The lowest BCUT2D eigenvalue weighted by molar-refractivity contribution is -0.285. The molecule has 2 aromatic rings. The van der Waals surface area contributed by atoms with Crippen molar-refractivity contribution in [2.24, 2.45) is 0 Å². The minimum absolute atomic E-state index is 0.116. The quantitative estimate of drug-likeness (QED) is 0.167. The maximum atomic E-state index is 12.4. The highest BCUT2D eigenvalue weighted by atomic mass is 16.7. The second-order valence-corrected chi connectivity index (χ2v) is 14.7. The Morgan fingerprint density at radius 1 is 0.765 bits per heavy atom. The molecular weight excluding hydrogens is 664 g/mol. The van der Waals surface area contributed by atoms with Crippen LogP contribution in [0.25, 0.3) is 0 Å². The number of hydrogen-bond donors (Lipinski definition) is 7. The monoisotopic (exact) mass is 718 g/mol. The molecule has 14 heteroatoms. The molecule has 284 valence electrons. The van der Waals surface area contributed by atoms with Crippen LogP contribution >= 0.6 is 0 Å². The third kappa shape index (κ3) is 10.9. The van der Waals surface area contributed by atoms with Gasteiger partial charge in [0.05, 0.1) is 25.4 Å². The average Bonchev–Trinajstić information content (AvgIpc) is 3.11. The first-order chi connectivity index (χ1) is 24.3. The van der Waals surface area contributed by atoms with E-state index in [9.17, 15) is 35.4 Å². The van der Waals surface area contributed by atoms with Crippen molar-refractivity contribution < 1.29 is 59.1 Å². The van der Waals surface area contributed by atoms with Gasteiger partial charge in [-0.1, -0.05) is 60.7 Å². The number of amides is 1. The first kappa shape index (κ1) is 39.5. The molecule has 1 amide bonds. The lowest BCUT2D eigenvalue weighted by Gasteiger charge is -2.43. The molecule has 2 aromatic carbocycles. The highest BCUT2D eigenvalue weighted by molar-refractivity contribution is 5.68. The number of rotatable bonds is 12. The number of alkyl carbamates (subject to hydrolysis) is 1. The summed E-state index contributed by atoms with van der Waals surface area (Å²) in [6, 6.07) is 17.8. The molecule has 2 saturated heterocycles. The lowest BCUT2D eigenvalue weighted by Crippen LogP contribution is -2.58. The van der Waals surface area contributed by atoms with Crippen molar-refractivity contribution in [2.75, 3.05) is 26.3 Å². The van der Waals surface area contributed by atoms with Crippen LogP contribution in [0, 0.1) is 0 Å². The van der Waals surface area contributed by atoms with Gasteiger partial charge in [0.1, 0.15) is 42.2 Å². The van der Waals surface area contributed by atoms with Gasteiger partial charge in [-0.05, 0) is 46.5 Å². The van der Waals surface area contributed by atoms with Gasteiger partial charge < -0.3 is 59.6 Å². The van der Waals surface area contributed by atoms with Gasteiger partial charge in [0, 0.05) is 36.3 Å². The molecule has 0 radical (unpaired) electrons. The van der Waals surface area contributed by atoms with Gasteiger partial charge in [-0.3, -0.25) is 4.90 Å². The van der Waals surface area contributed by atoms with Gasteiger partial charge in [-0.2, -0.15) is 0 Å². The summed E-state index contributed by atoms with van der Waals surface area (Å²) in [4.78, 5) is 14.2. The number of carbonyl (C=O) groups excluding carboxylic acids is 1. The van der Waals surface area contributed by atoms with Crippen LogP contribution in [0.4, 0.5) is 4.79 Å². The number of hydrogen-bond acceptors (Lipinski definition) is 13. The van der Waals surface area contributed by atoms with Crippen molar-refractivity contribution in [1.82, 2.24) is 10.2 Å². The van der Waals surface area contributed by atoms with Crippen molar-refractivity contribution in [3.8, 4) is 0 Å². The fourth-order valence-electron chi connectivity index (χ4n) is 6.86. The Morgan fingerprint density at radius 2 is 1.20 bits per heavy atom. The van der Waals surface area contributed by atoms with Crippen LogP contribution in [0.3, 0.4) is 0 Å². The zero-order valence-corrected chi connectivity index (χ0v) is 29.4. The average molecular weight is 719 g/mol. The second kappa shape index (κ2) is 17.9. The summed E-state index contributed by atoms with van der Waals surface area (Å²) in [5, 5.41) is 69.8.